The number of alkyl halides is 1. The van der Waals surface area contributed by atoms with E-state index in [2.05, 4.69) is 25.0 Å². The lowest BCUT2D eigenvalue weighted by Crippen LogP contribution is -2.50. The summed E-state index contributed by atoms with van der Waals surface area (Å²) in [6, 6.07) is 5.76. The SMILES string of the molecule is Oc1cc2c3c(c(F)ccc3c1)CCCCc1nc(no1)CC1(O)CCCN(C1)c1nc(OCC34CCCN3CC(F)C4)nc3c(F)c-2ncc13. The highest BCUT2D eigenvalue weighted by molar-refractivity contribution is 6.01. The van der Waals surface area contributed by atoms with Gasteiger partial charge in [0.1, 0.15) is 41.4 Å². The fraction of sp³-hybridized carbons (Fsp3) is 0.486. The summed E-state index contributed by atoms with van der Waals surface area (Å²) in [5.74, 6) is -0.191. The lowest BCUT2D eigenvalue weighted by Gasteiger charge is -2.39. The highest BCUT2D eigenvalue weighted by Crippen LogP contribution is 2.42. The minimum Gasteiger partial charge on any atom is -0.508 e. The maximum atomic E-state index is 17.1. The van der Waals surface area contributed by atoms with Gasteiger partial charge in [0.25, 0.3) is 0 Å². The van der Waals surface area contributed by atoms with Crippen molar-refractivity contribution < 1.29 is 32.6 Å². The number of aromatic hydroxyl groups is 1. The van der Waals surface area contributed by atoms with E-state index in [9.17, 15) is 14.6 Å². The van der Waals surface area contributed by atoms with E-state index in [0.717, 1.165) is 19.4 Å². The van der Waals surface area contributed by atoms with Gasteiger partial charge < -0.3 is 24.4 Å². The molecule has 51 heavy (non-hydrogen) atoms. The van der Waals surface area contributed by atoms with Crippen LogP contribution in [0.1, 0.15) is 62.2 Å². The van der Waals surface area contributed by atoms with Crippen molar-refractivity contribution in [3.63, 3.8) is 0 Å². The molecule has 3 fully saturated rings. The first kappa shape index (κ1) is 32.4. The molecular formula is C37H38F3N7O4. The largest absolute Gasteiger partial charge is 0.508 e. The van der Waals surface area contributed by atoms with Crippen LogP contribution in [0.3, 0.4) is 0 Å². The third-order valence-corrected chi connectivity index (χ3v) is 11.2. The fourth-order valence-corrected chi connectivity index (χ4v) is 8.87. The van der Waals surface area contributed by atoms with Gasteiger partial charge in [-0.3, -0.25) is 9.88 Å². The van der Waals surface area contributed by atoms with Crippen molar-refractivity contribution in [1.82, 2.24) is 30.0 Å². The van der Waals surface area contributed by atoms with Gasteiger partial charge in [0, 0.05) is 50.7 Å². The van der Waals surface area contributed by atoms with Crippen molar-refractivity contribution in [3.8, 4) is 23.0 Å². The summed E-state index contributed by atoms with van der Waals surface area (Å²) in [5.41, 5.74) is -1.28. The van der Waals surface area contributed by atoms with Crippen LogP contribution in [0.5, 0.6) is 11.8 Å². The van der Waals surface area contributed by atoms with Crippen LogP contribution in [0.2, 0.25) is 0 Å². The van der Waals surface area contributed by atoms with E-state index < -0.39 is 28.9 Å². The zero-order chi connectivity index (χ0) is 34.9. The number of aryl methyl sites for hydroxylation is 2. The summed E-state index contributed by atoms with van der Waals surface area (Å²) < 4.78 is 59.1. The Morgan fingerprint density at radius 2 is 1.88 bits per heavy atom. The van der Waals surface area contributed by atoms with Gasteiger partial charge in [0.05, 0.1) is 16.5 Å². The van der Waals surface area contributed by atoms with E-state index in [-0.39, 0.29) is 48.1 Å². The first-order valence-corrected chi connectivity index (χ1v) is 17.8. The number of piperidine rings is 1. The van der Waals surface area contributed by atoms with Crippen LogP contribution in [0.4, 0.5) is 19.0 Å². The maximum absolute atomic E-state index is 17.1. The molecule has 3 aromatic heterocycles. The number of pyridine rings is 1. The van der Waals surface area contributed by atoms with E-state index in [4.69, 9.17) is 14.2 Å². The maximum Gasteiger partial charge on any atom is 0.319 e. The second kappa shape index (κ2) is 12.3. The third-order valence-electron chi connectivity index (χ3n) is 11.2. The van der Waals surface area contributed by atoms with E-state index in [1.165, 1.54) is 24.4 Å². The highest BCUT2D eigenvalue weighted by atomic mass is 19.1. The van der Waals surface area contributed by atoms with E-state index in [1.807, 2.05) is 4.90 Å². The number of nitrogens with zero attached hydrogens (tertiary/aromatic N) is 7. The molecule has 5 aliphatic heterocycles. The van der Waals surface area contributed by atoms with Crippen LogP contribution in [0, 0.1) is 11.6 Å². The molecule has 10 rings (SSSR count). The molecule has 11 nitrogen and oxygen atoms in total. The number of ether oxygens (including phenoxy) is 1. The van der Waals surface area contributed by atoms with Gasteiger partial charge in [0.2, 0.25) is 5.89 Å². The summed E-state index contributed by atoms with van der Waals surface area (Å²) in [4.78, 5) is 22.5. The molecule has 2 aromatic carbocycles. The van der Waals surface area contributed by atoms with Gasteiger partial charge in [-0.25, -0.2) is 13.2 Å². The smallest absolute Gasteiger partial charge is 0.319 e. The summed E-state index contributed by atoms with van der Waals surface area (Å²) in [6.45, 7) is 1.93. The normalized spacial score (nSPS) is 25.3. The fourth-order valence-electron chi connectivity index (χ4n) is 8.87. The number of hydrogen-bond donors (Lipinski definition) is 2. The van der Waals surface area contributed by atoms with Crippen molar-refractivity contribution in [3.05, 3.63) is 59.4 Å². The first-order chi connectivity index (χ1) is 24.7. The molecule has 0 aliphatic carbocycles. The van der Waals surface area contributed by atoms with Crippen molar-refractivity contribution in [1.29, 1.82) is 0 Å². The zero-order valence-corrected chi connectivity index (χ0v) is 28.0. The Morgan fingerprint density at radius 1 is 1.02 bits per heavy atom. The Balaban J connectivity index is 1.22. The number of aliphatic hydroxyl groups is 1. The summed E-state index contributed by atoms with van der Waals surface area (Å²) in [7, 11) is 0. The van der Waals surface area contributed by atoms with Crippen molar-refractivity contribution in [2.24, 2.45) is 0 Å². The van der Waals surface area contributed by atoms with Gasteiger partial charge in [-0.1, -0.05) is 11.2 Å². The predicted octanol–water partition coefficient (Wildman–Crippen LogP) is 5.62. The monoisotopic (exact) mass is 701 g/mol. The van der Waals surface area contributed by atoms with Crippen LogP contribution < -0.4 is 9.64 Å². The van der Waals surface area contributed by atoms with Gasteiger partial charge in [0.15, 0.2) is 11.6 Å². The van der Waals surface area contributed by atoms with Crippen LogP contribution in [0.25, 0.3) is 32.9 Å². The van der Waals surface area contributed by atoms with Crippen molar-refractivity contribution >= 4 is 27.5 Å². The number of anilines is 1. The third kappa shape index (κ3) is 5.72. The van der Waals surface area contributed by atoms with Gasteiger partial charge in [-0.2, -0.15) is 15.0 Å². The van der Waals surface area contributed by atoms with Crippen LogP contribution >= 0.6 is 0 Å². The molecule has 5 aliphatic rings. The minimum atomic E-state index is -1.23. The molecule has 2 N–H and O–H groups in total. The summed E-state index contributed by atoms with van der Waals surface area (Å²) >= 11 is 0. The molecule has 0 saturated carbocycles. The van der Waals surface area contributed by atoms with Crippen molar-refractivity contribution in [2.75, 3.05) is 37.7 Å². The second-order valence-electron chi connectivity index (χ2n) is 14.7. The van der Waals surface area contributed by atoms with E-state index >= 15 is 8.78 Å². The minimum absolute atomic E-state index is 0.0696. The molecule has 0 amide bonds. The lowest BCUT2D eigenvalue weighted by molar-refractivity contribution is 0.0238. The van der Waals surface area contributed by atoms with Crippen molar-refractivity contribution in [2.45, 2.75) is 81.5 Å². The standard InChI is InChI=1S/C37H38F3N7O4/c38-22-15-36(9-3-12-47(36)18-22)20-50-35-43-33-26-17-41-32(31(33)40)25-14-23(48)13-21-7-8-27(39)24(30(21)25)5-1-2-6-29-42-28(45-51-29)16-37(49)10-4-11-46(19-37)34(26)44-35/h7-8,13-14,17,22,48-49H,1-6,9-12,15-16,18-20H2. The molecule has 0 spiro atoms. The number of benzene rings is 2. The van der Waals surface area contributed by atoms with Crippen LogP contribution in [0.15, 0.2) is 35.0 Å². The molecule has 14 heteroatoms. The molecule has 8 bridgehead atoms. The number of halogens is 3. The van der Waals surface area contributed by atoms with Gasteiger partial charge >= 0.3 is 6.01 Å². The topological polar surface area (TPSA) is 134 Å². The number of hydrogen-bond acceptors (Lipinski definition) is 11. The number of fused-ring (bicyclic) bond motifs is 5. The number of aromatic nitrogens is 5. The first-order valence-electron chi connectivity index (χ1n) is 17.8. The van der Waals surface area contributed by atoms with E-state index in [1.54, 1.807) is 6.07 Å². The van der Waals surface area contributed by atoms with Gasteiger partial charge in [-0.05, 0) is 86.0 Å². The molecule has 3 saturated heterocycles. The Bertz CT molecular complexity index is 2170. The Morgan fingerprint density at radius 3 is 2.78 bits per heavy atom. The molecule has 0 radical (unpaired) electrons. The highest BCUT2D eigenvalue weighted by Gasteiger charge is 2.49. The van der Waals surface area contributed by atoms with E-state index in [0.29, 0.717) is 97.3 Å². The quantitative estimate of drug-likeness (QED) is 0.243. The molecule has 5 aromatic rings. The number of phenols is 1. The average molecular weight is 702 g/mol. The van der Waals surface area contributed by atoms with Crippen LogP contribution in [-0.4, -0.2) is 90.3 Å². The Hall–Kier alpha value is -4.56. The Labute approximate surface area is 291 Å². The van der Waals surface area contributed by atoms with Gasteiger partial charge in [-0.15, -0.1) is 0 Å². The molecular weight excluding hydrogens is 663 g/mol. The molecule has 8 heterocycles. The average Bonchev–Trinajstić information content (AvgIpc) is 3.79. The lowest BCUT2D eigenvalue weighted by atomic mass is 9.89. The predicted molar refractivity (Wildman–Crippen MR) is 181 cm³/mol. The zero-order valence-electron chi connectivity index (χ0n) is 28.0. The molecule has 3 atom stereocenters. The molecule has 266 valence electrons. The summed E-state index contributed by atoms with van der Waals surface area (Å²) in [5, 5.41) is 28.0. The molecule has 3 unspecified atom stereocenters. The number of rotatable bonds is 3. The summed E-state index contributed by atoms with van der Waals surface area (Å²) in [6.07, 6.45) is 5.80. The number of phenolic OH excluding ortho intramolecular Hbond substituents is 1. The Kier molecular flexibility index (Phi) is 7.80. The van der Waals surface area contributed by atoms with Crippen LogP contribution in [-0.2, 0) is 19.3 Å². The second-order valence-corrected chi connectivity index (χ2v) is 14.7.